The minimum absolute atomic E-state index is 0.270. The molecule has 3 heteroatoms. The van der Waals surface area contributed by atoms with E-state index in [1.54, 1.807) is 6.92 Å². The molecule has 0 aromatic rings. The second-order valence-electron chi connectivity index (χ2n) is 3.56. The molecule has 1 rings (SSSR count). The van der Waals surface area contributed by atoms with E-state index in [1.165, 1.54) is 19.8 Å². The van der Waals surface area contributed by atoms with Crippen LogP contribution in [0, 0.1) is 11.8 Å². The summed E-state index contributed by atoms with van der Waals surface area (Å²) in [6.45, 7) is 6.29. The van der Waals surface area contributed by atoms with Gasteiger partial charge in [0.2, 0.25) is 0 Å². The lowest BCUT2D eigenvalue weighted by atomic mass is 10.4. The van der Waals surface area contributed by atoms with Gasteiger partial charge in [-0.15, -0.1) is 0 Å². The zero-order valence-corrected chi connectivity index (χ0v) is 8.88. The van der Waals surface area contributed by atoms with Crippen LogP contribution in [-0.4, -0.2) is 36.6 Å². The molecule has 14 heavy (non-hydrogen) atoms. The lowest BCUT2D eigenvalue weighted by Gasteiger charge is -2.09. The van der Waals surface area contributed by atoms with Crippen molar-refractivity contribution < 1.29 is 9.53 Å². The molecule has 0 amide bonds. The number of hydrogen-bond acceptors (Lipinski definition) is 3. The highest BCUT2D eigenvalue weighted by molar-refractivity contribution is 5.66. The Hall–Kier alpha value is -1.01. The van der Waals surface area contributed by atoms with E-state index in [9.17, 15) is 4.79 Å². The highest BCUT2D eigenvalue weighted by atomic mass is 16.5. The summed E-state index contributed by atoms with van der Waals surface area (Å²) < 4.78 is 4.88. The first kappa shape index (κ1) is 11.1. The summed E-state index contributed by atoms with van der Waals surface area (Å²) in [5.41, 5.74) is 0. The maximum Gasteiger partial charge on any atom is 0.303 e. The standard InChI is InChI=1S/C11H17NO2/c1-10(14-11(2)13)6-5-9-12-7-3-4-8-12/h10H,3-4,7-9H2,1-2H3/t10-/m1/s1. The van der Waals surface area contributed by atoms with E-state index in [-0.39, 0.29) is 12.1 Å². The van der Waals surface area contributed by atoms with Crippen LogP contribution in [0.2, 0.25) is 0 Å². The Labute approximate surface area is 85.4 Å². The topological polar surface area (TPSA) is 29.5 Å². The number of likely N-dealkylation sites (tertiary alicyclic amines) is 1. The Balaban J connectivity index is 2.21. The molecule has 78 valence electrons. The van der Waals surface area contributed by atoms with E-state index in [0.717, 1.165) is 19.6 Å². The summed E-state index contributed by atoms with van der Waals surface area (Å²) in [5.74, 6) is 5.67. The number of esters is 1. The van der Waals surface area contributed by atoms with Crippen LogP contribution in [-0.2, 0) is 9.53 Å². The Morgan fingerprint density at radius 2 is 2.14 bits per heavy atom. The number of nitrogens with zero attached hydrogens (tertiary/aromatic N) is 1. The molecule has 3 nitrogen and oxygen atoms in total. The molecule has 0 aromatic carbocycles. The Morgan fingerprint density at radius 1 is 1.50 bits per heavy atom. The second-order valence-corrected chi connectivity index (χ2v) is 3.56. The minimum atomic E-state index is -0.282. The average Bonchev–Trinajstić information content (AvgIpc) is 2.55. The smallest absolute Gasteiger partial charge is 0.303 e. The summed E-state index contributed by atoms with van der Waals surface area (Å²) >= 11 is 0. The highest BCUT2D eigenvalue weighted by Gasteiger charge is 2.09. The third kappa shape index (κ3) is 4.29. The lowest BCUT2D eigenvalue weighted by Crippen LogP contribution is -2.19. The highest BCUT2D eigenvalue weighted by Crippen LogP contribution is 2.05. The third-order valence-corrected chi connectivity index (χ3v) is 2.15. The van der Waals surface area contributed by atoms with Gasteiger partial charge in [-0.1, -0.05) is 11.8 Å². The molecule has 0 saturated carbocycles. The van der Waals surface area contributed by atoms with Gasteiger partial charge in [0.1, 0.15) is 0 Å². The maximum atomic E-state index is 10.6. The lowest BCUT2D eigenvalue weighted by molar-refractivity contribution is -0.143. The molecule has 0 radical (unpaired) electrons. The molecule has 1 fully saturated rings. The zero-order chi connectivity index (χ0) is 10.4. The molecular weight excluding hydrogens is 178 g/mol. The summed E-state index contributed by atoms with van der Waals surface area (Å²) in [7, 11) is 0. The average molecular weight is 195 g/mol. The van der Waals surface area contributed by atoms with Crippen molar-refractivity contribution in [1.82, 2.24) is 4.90 Å². The molecule has 1 saturated heterocycles. The van der Waals surface area contributed by atoms with Crippen molar-refractivity contribution in [3.8, 4) is 11.8 Å². The van der Waals surface area contributed by atoms with Crippen molar-refractivity contribution in [2.45, 2.75) is 32.8 Å². The van der Waals surface area contributed by atoms with Crippen molar-refractivity contribution in [1.29, 1.82) is 0 Å². The van der Waals surface area contributed by atoms with Crippen LogP contribution < -0.4 is 0 Å². The zero-order valence-electron chi connectivity index (χ0n) is 8.88. The van der Waals surface area contributed by atoms with Crippen LogP contribution in [0.5, 0.6) is 0 Å². The van der Waals surface area contributed by atoms with E-state index in [2.05, 4.69) is 16.7 Å². The fourth-order valence-electron chi connectivity index (χ4n) is 1.52. The van der Waals surface area contributed by atoms with Crippen molar-refractivity contribution in [3.63, 3.8) is 0 Å². The monoisotopic (exact) mass is 195 g/mol. The molecule has 0 bridgehead atoms. The molecule has 1 heterocycles. The van der Waals surface area contributed by atoms with Gasteiger partial charge in [0.05, 0.1) is 6.54 Å². The van der Waals surface area contributed by atoms with E-state index in [4.69, 9.17) is 4.74 Å². The summed E-state index contributed by atoms with van der Waals surface area (Å²) in [4.78, 5) is 12.9. The summed E-state index contributed by atoms with van der Waals surface area (Å²) in [5, 5.41) is 0. The van der Waals surface area contributed by atoms with E-state index in [0.29, 0.717) is 0 Å². The molecular formula is C11H17NO2. The van der Waals surface area contributed by atoms with Crippen molar-refractivity contribution >= 4 is 5.97 Å². The van der Waals surface area contributed by atoms with Gasteiger partial charge in [-0.3, -0.25) is 9.69 Å². The Kier molecular flexibility index (Phi) is 4.48. The number of carbonyl (C=O) groups is 1. The first-order valence-corrected chi connectivity index (χ1v) is 5.06. The predicted octanol–water partition coefficient (Wildman–Crippen LogP) is 1.04. The molecule has 0 spiro atoms. The van der Waals surface area contributed by atoms with Crippen LogP contribution >= 0.6 is 0 Å². The van der Waals surface area contributed by atoms with Crippen LogP contribution in [0.15, 0.2) is 0 Å². The Bertz CT molecular complexity index is 246. The molecule has 1 atom stereocenters. The van der Waals surface area contributed by atoms with Crippen molar-refractivity contribution in [2.24, 2.45) is 0 Å². The summed E-state index contributed by atoms with van der Waals surface area (Å²) in [6, 6.07) is 0. The fourth-order valence-corrected chi connectivity index (χ4v) is 1.52. The molecule has 1 aliphatic rings. The second kappa shape index (κ2) is 5.66. The predicted molar refractivity (Wildman–Crippen MR) is 54.7 cm³/mol. The maximum absolute atomic E-state index is 10.6. The van der Waals surface area contributed by atoms with Gasteiger partial charge in [-0.25, -0.2) is 0 Å². The number of ether oxygens (including phenoxy) is 1. The van der Waals surface area contributed by atoms with Gasteiger partial charge < -0.3 is 4.74 Å². The van der Waals surface area contributed by atoms with E-state index in [1.807, 2.05) is 0 Å². The van der Waals surface area contributed by atoms with Gasteiger partial charge in [0.25, 0.3) is 0 Å². The number of hydrogen-bond donors (Lipinski definition) is 0. The fraction of sp³-hybridized carbons (Fsp3) is 0.727. The van der Waals surface area contributed by atoms with Gasteiger partial charge in [-0.2, -0.15) is 0 Å². The summed E-state index contributed by atoms with van der Waals surface area (Å²) in [6.07, 6.45) is 2.28. The largest absolute Gasteiger partial charge is 0.450 e. The Morgan fingerprint density at radius 3 is 2.71 bits per heavy atom. The van der Waals surface area contributed by atoms with Gasteiger partial charge in [0.15, 0.2) is 6.10 Å². The van der Waals surface area contributed by atoms with Gasteiger partial charge in [0, 0.05) is 6.92 Å². The van der Waals surface area contributed by atoms with Crippen molar-refractivity contribution in [3.05, 3.63) is 0 Å². The van der Waals surface area contributed by atoms with Crippen LogP contribution in [0.25, 0.3) is 0 Å². The van der Waals surface area contributed by atoms with Gasteiger partial charge in [-0.05, 0) is 32.9 Å². The molecule has 1 aliphatic heterocycles. The SMILES string of the molecule is CC(=O)O[C@H](C)C#CCN1CCCC1. The quantitative estimate of drug-likeness (QED) is 0.487. The van der Waals surface area contributed by atoms with E-state index >= 15 is 0 Å². The normalized spacial score (nSPS) is 18.4. The molecule has 0 unspecified atom stereocenters. The molecule has 0 aromatic heterocycles. The number of rotatable bonds is 2. The van der Waals surface area contributed by atoms with Crippen molar-refractivity contribution in [2.75, 3.05) is 19.6 Å². The van der Waals surface area contributed by atoms with E-state index < -0.39 is 0 Å². The third-order valence-electron chi connectivity index (χ3n) is 2.15. The molecule has 0 aliphatic carbocycles. The van der Waals surface area contributed by atoms with Crippen LogP contribution in [0.1, 0.15) is 26.7 Å². The van der Waals surface area contributed by atoms with Gasteiger partial charge >= 0.3 is 5.97 Å². The minimum Gasteiger partial charge on any atom is -0.450 e. The number of carbonyl (C=O) groups excluding carboxylic acids is 1. The first-order valence-electron chi connectivity index (χ1n) is 5.06. The van der Waals surface area contributed by atoms with Crippen LogP contribution in [0.3, 0.4) is 0 Å². The molecule has 0 N–H and O–H groups in total. The van der Waals surface area contributed by atoms with Crippen LogP contribution in [0.4, 0.5) is 0 Å². The first-order chi connectivity index (χ1) is 6.68.